The van der Waals surface area contributed by atoms with E-state index in [1.165, 1.54) is 0 Å². The van der Waals surface area contributed by atoms with Crippen LogP contribution in [0.2, 0.25) is 0 Å². The topological polar surface area (TPSA) is 73.5 Å². The molecule has 0 bridgehead atoms. The normalized spacial score (nSPS) is 20.6. The summed E-state index contributed by atoms with van der Waals surface area (Å²) in [6, 6.07) is 16.3. The zero-order chi connectivity index (χ0) is 21.8. The first-order valence-corrected chi connectivity index (χ1v) is 11.4. The van der Waals surface area contributed by atoms with Gasteiger partial charge in [0.05, 0.1) is 6.04 Å². The average Bonchev–Trinajstić information content (AvgIpc) is 2.80. The van der Waals surface area contributed by atoms with Crippen molar-refractivity contribution in [2.45, 2.75) is 57.7 Å². The molecule has 2 aromatic rings. The number of nitrogens with one attached hydrogen (secondary N) is 3. The molecule has 172 valence electrons. The van der Waals surface area contributed by atoms with E-state index in [2.05, 4.69) is 28.9 Å². The molecular formula is C25H33ClN4O2. The van der Waals surface area contributed by atoms with Crippen LogP contribution in [0.15, 0.2) is 48.5 Å². The summed E-state index contributed by atoms with van der Waals surface area (Å²) in [6.45, 7) is 5.92. The SMILES string of the molecule is CCC(=O)N1c2ccccc2[C@H](Nc2ccc(C(=O)NC3CCNCC3)cc2)C[C@@H]1C.Cl. The van der Waals surface area contributed by atoms with E-state index in [4.69, 9.17) is 0 Å². The molecule has 0 aliphatic carbocycles. The first-order valence-electron chi connectivity index (χ1n) is 11.4. The van der Waals surface area contributed by atoms with Crippen molar-refractivity contribution in [2.24, 2.45) is 0 Å². The molecule has 32 heavy (non-hydrogen) atoms. The van der Waals surface area contributed by atoms with Gasteiger partial charge in [-0.1, -0.05) is 25.1 Å². The Morgan fingerprint density at radius 1 is 1.06 bits per heavy atom. The Morgan fingerprint density at radius 3 is 2.44 bits per heavy atom. The molecule has 1 fully saturated rings. The molecule has 4 rings (SSSR count). The molecule has 1 saturated heterocycles. The number of benzene rings is 2. The van der Waals surface area contributed by atoms with Crippen molar-refractivity contribution in [2.75, 3.05) is 23.3 Å². The first-order chi connectivity index (χ1) is 15.1. The summed E-state index contributed by atoms with van der Waals surface area (Å²) < 4.78 is 0. The molecule has 2 amide bonds. The van der Waals surface area contributed by atoms with Crippen LogP contribution < -0.4 is 20.9 Å². The van der Waals surface area contributed by atoms with Gasteiger partial charge >= 0.3 is 0 Å². The summed E-state index contributed by atoms with van der Waals surface area (Å²) >= 11 is 0. The monoisotopic (exact) mass is 456 g/mol. The van der Waals surface area contributed by atoms with E-state index >= 15 is 0 Å². The fourth-order valence-corrected chi connectivity index (χ4v) is 4.65. The maximum Gasteiger partial charge on any atom is 0.251 e. The lowest BCUT2D eigenvalue weighted by atomic mass is 9.91. The lowest BCUT2D eigenvalue weighted by molar-refractivity contribution is -0.118. The smallest absolute Gasteiger partial charge is 0.251 e. The van der Waals surface area contributed by atoms with E-state index < -0.39 is 0 Å². The van der Waals surface area contributed by atoms with Crippen molar-refractivity contribution in [1.82, 2.24) is 10.6 Å². The molecule has 6 nitrogen and oxygen atoms in total. The number of rotatable bonds is 5. The highest BCUT2D eigenvalue weighted by Crippen LogP contribution is 2.39. The van der Waals surface area contributed by atoms with Crippen LogP contribution in [-0.4, -0.2) is 37.0 Å². The summed E-state index contributed by atoms with van der Waals surface area (Å²) in [6.07, 6.45) is 3.28. The largest absolute Gasteiger partial charge is 0.378 e. The van der Waals surface area contributed by atoms with Crippen LogP contribution in [0.5, 0.6) is 0 Å². The quantitative estimate of drug-likeness (QED) is 0.627. The van der Waals surface area contributed by atoms with E-state index in [9.17, 15) is 9.59 Å². The second kappa shape index (κ2) is 10.8. The number of hydrogen-bond acceptors (Lipinski definition) is 4. The Hall–Kier alpha value is -2.57. The molecule has 2 atom stereocenters. The van der Waals surface area contributed by atoms with Crippen LogP contribution in [0.4, 0.5) is 11.4 Å². The van der Waals surface area contributed by atoms with E-state index in [1.807, 2.05) is 54.3 Å². The molecular weight excluding hydrogens is 424 g/mol. The highest BCUT2D eigenvalue weighted by atomic mass is 35.5. The Labute approximate surface area is 196 Å². The number of nitrogens with zero attached hydrogens (tertiary/aromatic N) is 1. The van der Waals surface area contributed by atoms with Gasteiger partial charge in [-0.2, -0.15) is 0 Å². The summed E-state index contributed by atoms with van der Waals surface area (Å²) in [5, 5.41) is 10.1. The van der Waals surface area contributed by atoms with Crippen molar-refractivity contribution in [3.63, 3.8) is 0 Å². The van der Waals surface area contributed by atoms with Crippen molar-refractivity contribution in [1.29, 1.82) is 0 Å². The van der Waals surface area contributed by atoms with E-state index in [1.54, 1.807) is 0 Å². The predicted molar refractivity (Wildman–Crippen MR) is 132 cm³/mol. The minimum Gasteiger partial charge on any atom is -0.378 e. The summed E-state index contributed by atoms with van der Waals surface area (Å²) in [5.41, 5.74) is 3.78. The summed E-state index contributed by atoms with van der Waals surface area (Å²) in [5.74, 6) is 0.145. The number of anilines is 2. The maximum atomic E-state index is 12.6. The first kappa shape index (κ1) is 24.1. The third kappa shape index (κ3) is 5.25. The number of hydrogen-bond donors (Lipinski definition) is 3. The number of carbonyl (C=O) groups is 2. The fourth-order valence-electron chi connectivity index (χ4n) is 4.65. The lowest BCUT2D eigenvalue weighted by Gasteiger charge is -2.40. The molecule has 0 aromatic heterocycles. The number of carbonyl (C=O) groups excluding carboxylic acids is 2. The van der Waals surface area contributed by atoms with Crippen molar-refractivity contribution < 1.29 is 9.59 Å². The molecule has 0 radical (unpaired) electrons. The van der Waals surface area contributed by atoms with E-state index in [-0.39, 0.29) is 42.3 Å². The zero-order valence-corrected chi connectivity index (χ0v) is 19.6. The van der Waals surface area contributed by atoms with Crippen molar-refractivity contribution in [3.05, 3.63) is 59.7 Å². The van der Waals surface area contributed by atoms with Crippen molar-refractivity contribution in [3.8, 4) is 0 Å². The van der Waals surface area contributed by atoms with Gasteiger partial charge in [0.25, 0.3) is 5.91 Å². The number of piperidine rings is 1. The molecule has 7 heteroatoms. The summed E-state index contributed by atoms with van der Waals surface area (Å²) in [7, 11) is 0. The third-order valence-electron chi connectivity index (χ3n) is 6.32. The molecule has 0 saturated carbocycles. The van der Waals surface area contributed by atoms with Crippen molar-refractivity contribution >= 4 is 35.6 Å². The minimum atomic E-state index is -0.0104. The Morgan fingerprint density at radius 2 is 1.75 bits per heavy atom. The molecule has 0 unspecified atom stereocenters. The molecule has 0 spiro atoms. The van der Waals surface area contributed by atoms with Crippen LogP contribution in [0, 0.1) is 0 Å². The Bertz CT molecular complexity index is 928. The second-order valence-corrected chi connectivity index (χ2v) is 8.53. The second-order valence-electron chi connectivity index (χ2n) is 8.53. The van der Waals surface area contributed by atoms with Crippen LogP contribution >= 0.6 is 12.4 Å². The van der Waals surface area contributed by atoms with Gasteiger partial charge in [-0.25, -0.2) is 0 Å². The fraction of sp³-hybridized carbons (Fsp3) is 0.440. The maximum absolute atomic E-state index is 12.6. The molecule has 2 aromatic carbocycles. The van der Waals surface area contributed by atoms with Gasteiger partial charge in [0, 0.05) is 35.4 Å². The van der Waals surface area contributed by atoms with Gasteiger partial charge < -0.3 is 20.9 Å². The van der Waals surface area contributed by atoms with E-state index in [0.29, 0.717) is 12.0 Å². The lowest BCUT2D eigenvalue weighted by Crippen LogP contribution is -2.44. The van der Waals surface area contributed by atoms with Gasteiger partial charge in [0.15, 0.2) is 0 Å². The molecule has 2 heterocycles. The van der Waals surface area contributed by atoms with Gasteiger partial charge in [-0.05, 0) is 75.2 Å². The number of fused-ring (bicyclic) bond motifs is 1. The van der Waals surface area contributed by atoms with Gasteiger partial charge in [-0.15, -0.1) is 12.4 Å². The van der Waals surface area contributed by atoms with Crippen LogP contribution in [0.25, 0.3) is 0 Å². The van der Waals surface area contributed by atoms with Crippen LogP contribution in [-0.2, 0) is 4.79 Å². The number of amides is 2. The van der Waals surface area contributed by atoms with Crippen LogP contribution in [0.3, 0.4) is 0 Å². The molecule has 2 aliphatic rings. The standard InChI is InChI=1S/C25H32N4O2.ClH/c1-3-24(30)29-17(2)16-22(21-6-4-5-7-23(21)29)27-19-10-8-18(9-11-19)25(31)28-20-12-14-26-15-13-20;/h4-11,17,20,22,26-27H,3,12-16H2,1-2H3,(H,28,31);1H/t17-,22+;/m0./s1. The van der Waals surface area contributed by atoms with Gasteiger partial charge in [-0.3, -0.25) is 9.59 Å². The van der Waals surface area contributed by atoms with Gasteiger partial charge in [0.1, 0.15) is 0 Å². The van der Waals surface area contributed by atoms with Gasteiger partial charge in [0.2, 0.25) is 5.91 Å². The predicted octanol–water partition coefficient (Wildman–Crippen LogP) is 4.28. The highest BCUT2D eigenvalue weighted by molar-refractivity contribution is 5.96. The Kier molecular flexibility index (Phi) is 8.15. The Balaban J connectivity index is 0.00000289. The minimum absolute atomic E-state index is 0. The average molecular weight is 457 g/mol. The zero-order valence-electron chi connectivity index (χ0n) is 18.8. The van der Waals surface area contributed by atoms with E-state index in [0.717, 1.165) is 49.3 Å². The number of para-hydroxylation sites is 1. The summed E-state index contributed by atoms with van der Waals surface area (Å²) in [4.78, 5) is 27.0. The van der Waals surface area contributed by atoms with Crippen LogP contribution in [0.1, 0.15) is 61.5 Å². The molecule has 2 aliphatic heterocycles. The molecule has 3 N–H and O–H groups in total. The third-order valence-corrected chi connectivity index (χ3v) is 6.32. The highest BCUT2D eigenvalue weighted by Gasteiger charge is 2.32. The number of halogens is 1.